The molecule has 0 fully saturated rings. The van der Waals surface area contributed by atoms with Gasteiger partial charge in [-0.15, -0.1) is 0 Å². The molecule has 0 aliphatic heterocycles. The lowest BCUT2D eigenvalue weighted by atomic mass is 10.0. The molecule has 0 bridgehead atoms. The lowest BCUT2D eigenvalue weighted by Gasteiger charge is -2.04. The zero-order valence-corrected chi connectivity index (χ0v) is 11.8. The maximum Gasteiger partial charge on any atom is 0.274 e. The molecular weight excluding hydrogens is 264 g/mol. The van der Waals surface area contributed by atoms with E-state index in [4.69, 9.17) is 9.78 Å². The van der Waals surface area contributed by atoms with Crippen molar-refractivity contribution in [3.8, 4) is 29.0 Å². The van der Waals surface area contributed by atoms with Gasteiger partial charge in [-0.2, -0.15) is 10.2 Å². The van der Waals surface area contributed by atoms with Crippen molar-refractivity contribution in [2.24, 2.45) is 0 Å². The van der Waals surface area contributed by atoms with Gasteiger partial charge in [0.2, 0.25) is 5.82 Å². The first kappa shape index (κ1) is 13.1. The standard InChI is InChI=1S/C16H14N4O/c1-10(2)11-3-5-12(6-4-11)15-19-16(21-20-15)14-8-7-13(9-17)18-14/h3-8,10,18H,1-2H3. The molecule has 0 spiro atoms. The van der Waals surface area contributed by atoms with Crippen molar-refractivity contribution in [2.45, 2.75) is 19.8 Å². The summed E-state index contributed by atoms with van der Waals surface area (Å²) >= 11 is 0. The molecule has 1 aromatic carbocycles. The van der Waals surface area contributed by atoms with Gasteiger partial charge in [0.25, 0.3) is 5.89 Å². The van der Waals surface area contributed by atoms with Crippen LogP contribution in [0.3, 0.4) is 0 Å². The summed E-state index contributed by atoms with van der Waals surface area (Å²) in [6.45, 7) is 4.30. The second-order valence-electron chi connectivity index (χ2n) is 5.10. The molecule has 2 aromatic heterocycles. The number of nitrogens with one attached hydrogen (secondary N) is 1. The molecule has 3 aromatic rings. The molecule has 0 aliphatic rings. The van der Waals surface area contributed by atoms with E-state index in [2.05, 4.69) is 41.1 Å². The van der Waals surface area contributed by atoms with E-state index in [1.54, 1.807) is 12.1 Å². The summed E-state index contributed by atoms with van der Waals surface area (Å²) in [5, 5.41) is 12.8. The van der Waals surface area contributed by atoms with Crippen LogP contribution in [0.1, 0.15) is 31.0 Å². The number of nitriles is 1. The van der Waals surface area contributed by atoms with Crippen molar-refractivity contribution < 1.29 is 4.52 Å². The Hall–Kier alpha value is -2.87. The summed E-state index contributed by atoms with van der Waals surface area (Å²) in [7, 11) is 0. The molecule has 0 saturated carbocycles. The molecule has 0 amide bonds. The van der Waals surface area contributed by atoms with Crippen LogP contribution in [0, 0.1) is 11.3 Å². The van der Waals surface area contributed by atoms with Crippen molar-refractivity contribution in [1.29, 1.82) is 5.26 Å². The fraction of sp³-hybridized carbons (Fsp3) is 0.188. The molecule has 0 unspecified atom stereocenters. The monoisotopic (exact) mass is 278 g/mol. The molecule has 0 aliphatic carbocycles. The summed E-state index contributed by atoms with van der Waals surface area (Å²) in [5.74, 6) is 1.40. The van der Waals surface area contributed by atoms with E-state index in [1.165, 1.54) is 5.56 Å². The predicted octanol–water partition coefficient (Wildman–Crippen LogP) is 3.73. The normalized spacial score (nSPS) is 10.8. The number of hydrogen-bond acceptors (Lipinski definition) is 4. The van der Waals surface area contributed by atoms with Crippen LogP contribution in [-0.4, -0.2) is 15.1 Å². The van der Waals surface area contributed by atoms with Crippen LogP contribution >= 0.6 is 0 Å². The number of aromatic amines is 1. The van der Waals surface area contributed by atoms with Gasteiger partial charge in [0.15, 0.2) is 0 Å². The smallest absolute Gasteiger partial charge is 0.274 e. The van der Waals surface area contributed by atoms with E-state index in [0.29, 0.717) is 29.0 Å². The Morgan fingerprint density at radius 2 is 1.90 bits per heavy atom. The van der Waals surface area contributed by atoms with Crippen LogP contribution in [0.15, 0.2) is 40.9 Å². The average molecular weight is 278 g/mol. The fourth-order valence-electron chi connectivity index (χ4n) is 2.05. The number of nitrogens with zero attached hydrogens (tertiary/aromatic N) is 3. The van der Waals surface area contributed by atoms with Crippen molar-refractivity contribution in [3.63, 3.8) is 0 Å². The Balaban J connectivity index is 1.89. The average Bonchev–Trinajstić information content (AvgIpc) is 3.16. The number of benzene rings is 1. The van der Waals surface area contributed by atoms with Crippen LogP contribution in [0.5, 0.6) is 0 Å². The van der Waals surface area contributed by atoms with Crippen LogP contribution in [-0.2, 0) is 0 Å². The Morgan fingerprint density at radius 3 is 2.52 bits per heavy atom. The number of H-pyrrole nitrogens is 1. The summed E-state index contributed by atoms with van der Waals surface area (Å²) < 4.78 is 5.24. The van der Waals surface area contributed by atoms with Gasteiger partial charge in [-0.05, 0) is 23.6 Å². The second-order valence-corrected chi connectivity index (χ2v) is 5.10. The first-order valence-corrected chi connectivity index (χ1v) is 6.71. The van der Waals surface area contributed by atoms with Gasteiger partial charge in [-0.25, -0.2) is 0 Å². The molecule has 21 heavy (non-hydrogen) atoms. The van der Waals surface area contributed by atoms with Crippen LogP contribution in [0.25, 0.3) is 23.0 Å². The maximum absolute atomic E-state index is 8.80. The van der Waals surface area contributed by atoms with Crippen LogP contribution in [0.4, 0.5) is 0 Å². The van der Waals surface area contributed by atoms with E-state index < -0.39 is 0 Å². The summed E-state index contributed by atoms with van der Waals surface area (Å²) in [6, 6.07) is 13.6. The minimum Gasteiger partial charge on any atom is -0.342 e. The van der Waals surface area contributed by atoms with E-state index >= 15 is 0 Å². The minimum atomic E-state index is 0.374. The highest BCUT2D eigenvalue weighted by atomic mass is 16.5. The van der Waals surface area contributed by atoms with E-state index in [1.807, 2.05) is 18.2 Å². The first-order chi connectivity index (χ1) is 10.2. The Labute approximate surface area is 122 Å². The third-order valence-electron chi connectivity index (χ3n) is 3.30. The lowest BCUT2D eigenvalue weighted by Crippen LogP contribution is -1.87. The molecule has 5 heteroatoms. The second kappa shape index (κ2) is 5.25. The highest BCUT2D eigenvalue weighted by Crippen LogP contribution is 2.23. The van der Waals surface area contributed by atoms with Gasteiger partial charge >= 0.3 is 0 Å². The van der Waals surface area contributed by atoms with E-state index in [-0.39, 0.29) is 0 Å². The van der Waals surface area contributed by atoms with E-state index in [0.717, 1.165) is 5.56 Å². The van der Waals surface area contributed by atoms with Gasteiger partial charge in [-0.3, -0.25) is 0 Å². The quantitative estimate of drug-likeness (QED) is 0.791. The highest BCUT2D eigenvalue weighted by Gasteiger charge is 2.12. The lowest BCUT2D eigenvalue weighted by molar-refractivity contribution is 0.431. The van der Waals surface area contributed by atoms with Gasteiger partial charge in [0.1, 0.15) is 17.5 Å². The van der Waals surface area contributed by atoms with Crippen LogP contribution < -0.4 is 0 Å². The zero-order chi connectivity index (χ0) is 14.8. The van der Waals surface area contributed by atoms with Gasteiger partial charge in [0.05, 0.1) is 0 Å². The summed E-state index contributed by atoms with van der Waals surface area (Å²) in [5.41, 5.74) is 3.28. The zero-order valence-electron chi connectivity index (χ0n) is 11.8. The largest absolute Gasteiger partial charge is 0.342 e. The number of hydrogen-bond donors (Lipinski definition) is 1. The third kappa shape index (κ3) is 2.56. The maximum atomic E-state index is 8.80. The van der Waals surface area contributed by atoms with Gasteiger partial charge < -0.3 is 9.51 Å². The van der Waals surface area contributed by atoms with Crippen molar-refractivity contribution in [1.82, 2.24) is 15.1 Å². The minimum absolute atomic E-state index is 0.374. The molecule has 0 saturated heterocycles. The first-order valence-electron chi connectivity index (χ1n) is 6.71. The predicted molar refractivity (Wildman–Crippen MR) is 78.3 cm³/mol. The van der Waals surface area contributed by atoms with Gasteiger partial charge in [0, 0.05) is 5.56 Å². The molecular formula is C16H14N4O. The number of aromatic nitrogens is 3. The SMILES string of the molecule is CC(C)c1ccc(-c2noc(-c3ccc(C#N)[nH]3)n2)cc1. The highest BCUT2D eigenvalue weighted by molar-refractivity contribution is 5.59. The Morgan fingerprint density at radius 1 is 1.14 bits per heavy atom. The molecule has 0 radical (unpaired) electrons. The molecule has 3 rings (SSSR count). The molecule has 1 N–H and O–H groups in total. The van der Waals surface area contributed by atoms with Crippen LogP contribution in [0.2, 0.25) is 0 Å². The summed E-state index contributed by atoms with van der Waals surface area (Å²) in [4.78, 5) is 7.27. The van der Waals surface area contributed by atoms with Crippen molar-refractivity contribution in [2.75, 3.05) is 0 Å². The topological polar surface area (TPSA) is 78.5 Å². The molecule has 2 heterocycles. The molecule has 104 valence electrons. The third-order valence-corrected chi connectivity index (χ3v) is 3.30. The molecule has 5 nitrogen and oxygen atoms in total. The number of rotatable bonds is 3. The van der Waals surface area contributed by atoms with Crippen molar-refractivity contribution >= 4 is 0 Å². The Kier molecular flexibility index (Phi) is 3.28. The summed E-state index contributed by atoms with van der Waals surface area (Å²) in [6.07, 6.45) is 0. The Bertz CT molecular complexity index is 790. The fourth-order valence-corrected chi connectivity index (χ4v) is 2.05. The van der Waals surface area contributed by atoms with Crippen molar-refractivity contribution in [3.05, 3.63) is 47.7 Å². The molecule has 0 atom stereocenters. The van der Waals surface area contributed by atoms with E-state index in [9.17, 15) is 0 Å². The van der Waals surface area contributed by atoms with Gasteiger partial charge in [-0.1, -0.05) is 43.3 Å².